The first-order valence-electron chi connectivity index (χ1n) is 2.63. The summed E-state index contributed by atoms with van der Waals surface area (Å²) in [5, 5.41) is 9.75. The molecule has 0 aromatic heterocycles. The summed E-state index contributed by atoms with van der Waals surface area (Å²) in [7, 11) is 0. The summed E-state index contributed by atoms with van der Waals surface area (Å²) in [6, 6.07) is 0. The van der Waals surface area contributed by atoms with E-state index in [0.717, 1.165) is 5.06 Å². The topological polar surface area (TPSA) is 66.6 Å². The van der Waals surface area contributed by atoms with Crippen molar-refractivity contribution in [3.8, 4) is 0 Å². The zero-order valence-electron chi connectivity index (χ0n) is 4.87. The van der Waals surface area contributed by atoms with Gasteiger partial charge in [0.1, 0.15) is 0 Å². The molecule has 0 saturated carbocycles. The fraction of sp³-hybridized carbons (Fsp3) is 0.400. The van der Waals surface area contributed by atoms with Crippen molar-refractivity contribution < 1.29 is 10.0 Å². The van der Waals surface area contributed by atoms with Gasteiger partial charge in [-0.2, -0.15) is 5.06 Å². The zero-order valence-corrected chi connectivity index (χ0v) is 4.87. The van der Waals surface area contributed by atoms with Crippen LogP contribution >= 0.6 is 0 Å². The van der Waals surface area contributed by atoms with Crippen LogP contribution in [0.4, 0.5) is 0 Å². The Morgan fingerprint density at radius 1 is 1.89 bits per heavy atom. The number of carbonyl (C=O) groups is 1. The number of rotatable bonds is 1. The smallest absolute Gasteiger partial charge is 0.245 e. The second-order valence-corrected chi connectivity index (χ2v) is 1.94. The first-order valence-corrected chi connectivity index (χ1v) is 2.63. The van der Waals surface area contributed by atoms with Crippen molar-refractivity contribution >= 4 is 5.91 Å². The highest BCUT2D eigenvalue weighted by Gasteiger charge is 2.14. The van der Waals surface area contributed by atoms with E-state index in [1.165, 1.54) is 0 Å². The van der Waals surface area contributed by atoms with Crippen LogP contribution in [0, 0.1) is 0 Å². The minimum absolute atomic E-state index is 0.259. The van der Waals surface area contributed by atoms with Gasteiger partial charge in [-0.25, -0.2) is 0 Å². The highest BCUT2D eigenvalue weighted by Crippen LogP contribution is 2.03. The largest absolute Gasteiger partial charge is 0.366 e. The van der Waals surface area contributed by atoms with E-state index in [1.807, 2.05) is 0 Å². The number of amides is 1. The van der Waals surface area contributed by atoms with Crippen LogP contribution in [0.2, 0.25) is 0 Å². The van der Waals surface area contributed by atoms with E-state index in [2.05, 4.69) is 0 Å². The number of nitrogens with zero attached hydrogens (tertiary/aromatic N) is 1. The highest BCUT2D eigenvalue weighted by molar-refractivity contribution is 5.92. The molecule has 0 atom stereocenters. The Morgan fingerprint density at radius 2 is 2.56 bits per heavy atom. The van der Waals surface area contributed by atoms with Crippen molar-refractivity contribution in [2.24, 2.45) is 5.73 Å². The number of hydrogen-bond donors (Lipinski definition) is 2. The molecule has 1 aliphatic heterocycles. The van der Waals surface area contributed by atoms with Crippen LogP contribution in [-0.4, -0.2) is 29.3 Å². The molecule has 50 valence electrons. The summed E-state index contributed by atoms with van der Waals surface area (Å²) < 4.78 is 0. The fourth-order valence-electron chi connectivity index (χ4n) is 0.720. The molecule has 0 fully saturated rings. The molecule has 0 aliphatic carbocycles. The summed E-state index contributed by atoms with van der Waals surface area (Å²) >= 11 is 0. The molecule has 9 heavy (non-hydrogen) atoms. The van der Waals surface area contributed by atoms with Gasteiger partial charge >= 0.3 is 0 Å². The van der Waals surface area contributed by atoms with E-state index in [-0.39, 0.29) is 6.54 Å². The second-order valence-electron chi connectivity index (χ2n) is 1.94. The van der Waals surface area contributed by atoms with E-state index in [0.29, 0.717) is 12.1 Å². The van der Waals surface area contributed by atoms with E-state index < -0.39 is 5.91 Å². The summed E-state index contributed by atoms with van der Waals surface area (Å²) in [4.78, 5) is 10.4. The monoisotopic (exact) mass is 128 g/mol. The third-order valence-corrected chi connectivity index (χ3v) is 1.22. The molecule has 0 spiro atoms. The van der Waals surface area contributed by atoms with Gasteiger partial charge in [-0.3, -0.25) is 4.79 Å². The molecule has 1 amide bonds. The zero-order chi connectivity index (χ0) is 6.85. The SMILES string of the molecule is NC(=O)C1=CCN(O)C1. The first kappa shape index (κ1) is 6.25. The number of nitrogens with two attached hydrogens (primary N) is 1. The predicted molar refractivity (Wildman–Crippen MR) is 30.6 cm³/mol. The van der Waals surface area contributed by atoms with Gasteiger partial charge in [0.05, 0.1) is 6.54 Å². The van der Waals surface area contributed by atoms with Crippen molar-refractivity contribution in [3.63, 3.8) is 0 Å². The number of hydroxylamine groups is 2. The van der Waals surface area contributed by atoms with E-state index in [1.54, 1.807) is 6.08 Å². The molecule has 3 N–H and O–H groups in total. The molecular weight excluding hydrogens is 120 g/mol. The average molecular weight is 128 g/mol. The number of hydrogen-bond acceptors (Lipinski definition) is 3. The molecule has 0 unspecified atom stereocenters. The van der Waals surface area contributed by atoms with Gasteiger partial charge in [0.2, 0.25) is 5.91 Å². The van der Waals surface area contributed by atoms with Crippen molar-refractivity contribution in [1.82, 2.24) is 5.06 Å². The molecule has 0 bridgehead atoms. The molecule has 1 rings (SSSR count). The summed E-state index contributed by atoms with van der Waals surface area (Å²) in [6.07, 6.45) is 1.61. The summed E-state index contributed by atoms with van der Waals surface area (Å²) in [5.74, 6) is -0.452. The Morgan fingerprint density at radius 3 is 2.78 bits per heavy atom. The Bertz CT molecular complexity index is 164. The van der Waals surface area contributed by atoms with Crippen LogP contribution in [-0.2, 0) is 4.79 Å². The Kier molecular flexibility index (Phi) is 1.50. The molecular formula is C5H8N2O2. The van der Waals surface area contributed by atoms with E-state index >= 15 is 0 Å². The molecule has 0 radical (unpaired) electrons. The van der Waals surface area contributed by atoms with Crippen LogP contribution in [0.1, 0.15) is 0 Å². The van der Waals surface area contributed by atoms with Gasteiger partial charge in [0, 0.05) is 12.1 Å². The van der Waals surface area contributed by atoms with Gasteiger partial charge in [0.25, 0.3) is 0 Å². The van der Waals surface area contributed by atoms with Crippen LogP contribution in [0.5, 0.6) is 0 Å². The van der Waals surface area contributed by atoms with E-state index in [4.69, 9.17) is 10.9 Å². The maximum atomic E-state index is 10.4. The van der Waals surface area contributed by atoms with Crippen molar-refractivity contribution in [2.45, 2.75) is 0 Å². The molecule has 0 saturated heterocycles. The molecule has 0 aromatic rings. The first-order chi connectivity index (χ1) is 4.20. The molecule has 1 heterocycles. The minimum atomic E-state index is -0.452. The highest BCUT2D eigenvalue weighted by atomic mass is 16.5. The maximum absolute atomic E-state index is 10.4. The lowest BCUT2D eigenvalue weighted by Gasteiger charge is -2.02. The molecule has 1 aliphatic rings. The van der Waals surface area contributed by atoms with Gasteiger partial charge in [-0.1, -0.05) is 6.08 Å². The predicted octanol–water partition coefficient (Wildman–Crippen LogP) is -0.897. The maximum Gasteiger partial charge on any atom is 0.245 e. The quantitative estimate of drug-likeness (QED) is 0.481. The lowest BCUT2D eigenvalue weighted by Crippen LogP contribution is -2.21. The lowest BCUT2D eigenvalue weighted by atomic mass is 10.3. The van der Waals surface area contributed by atoms with Crippen LogP contribution in [0.25, 0.3) is 0 Å². The van der Waals surface area contributed by atoms with Crippen LogP contribution in [0.3, 0.4) is 0 Å². The standard InChI is InChI=1S/C5H8N2O2/c6-5(8)4-1-2-7(9)3-4/h1,9H,2-3H2,(H2,6,8). The molecule has 4 nitrogen and oxygen atoms in total. The minimum Gasteiger partial charge on any atom is -0.366 e. The Hall–Kier alpha value is -0.870. The van der Waals surface area contributed by atoms with Crippen LogP contribution in [0.15, 0.2) is 11.6 Å². The Labute approximate surface area is 52.5 Å². The van der Waals surface area contributed by atoms with Crippen molar-refractivity contribution in [1.29, 1.82) is 0 Å². The van der Waals surface area contributed by atoms with Crippen LogP contribution < -0.4 is 5.73 Å². The number of carbonyl (C=O) groups excluding carboxylic acids is 1. The molecule has 4 heteroatoms. The number of primary amides is 1. The lowest BCUT2D eigenvalue weighted by molar-refractivity contribution is -0.116. The van der Waals surface area contributed by atoms with Gasteiger partial charge in [-0.05, 0) is 0 Å². The van der Waals surface area contributed by atoms with Gasteiger partial charge in [-0.15, -0.1) is 0 Å². The van der Waals surface area contributed by atoms with Crippen molar-refractivity contribution in [3.05, 3.63) is 11.6 Å². The normalized spacial score (nSPS) is 19.9. The average Bonchev–Trinajstić information content (AvgIpc) is 2.14. The summed E-state index contributed by atoms with van der Waals surface area (Å²) in [6.45, 7) is 0.660. The Balaban J connectivity index is 2.55. The van der Waals surface area contributed by atoms with Gasteiger partial charge < -0.3 is 10.9 Å². The van der Waals surface area contributed by atoms with Gasteiger partial charge in [0.15, 0.2) is 0 Å². The van der Waals surface area contributed by atoms with Crippen molar-refractivity contribution in [2.75, 3.05) is 13.1 Å². The third-order valence-electron chi connectivity index (χ3n) is 1.22. The summed E-state index contributed by atoms with van der Waals surface area (Å²) in [5.41, 5.74) is 5.40. The second kappa shape index (κ2) is 2.16. The molecule has 0 aromatic carbocycles. The fourth-order valence-corrected chi connectivity index (χ4v) is 0.720. The third kappa shape index (κ3) is 1.28. The van der Waals surface area contributed by atoms with E-state index in [9.17, 15) is 4.79 Å².